The van der Waals surface area contributed by atoms with Crippen LogP contribution in [-0.4, -0.2) is 18.4 Å². The number of halogens is 1. The molecule has 1 aromatic rings. The molecule has 1 rings (SSSR count). The number of benzene rings is 1. The summed E-state index contributed by atoms with van der Waals surface area (Å²) in [6.45, 7) is 3.14. The van der Waals surface area contributed by atoms with E-state index in [1.54, 1.807) is 13.8 Å². The zero-order valence-electron chi connectivity index (χ0n) is 9.00. The van der Waals surface area contributed by atoms with Crippen LogP contribution < -0.4 is 10.5 Å². The maximum absolute atomic E-state index is 13.0. The van der Waals surface area contributed by atoms with Crippen LogP contribution in [0.2, 0.25) is 0 Å². The number of nitrogens with two attached hydrogens (primary N) is 1. The number of ether oxygens (including phenoxy) is 1. The highest BCUT2D eigenvalue weighted by molar-refractivity contribution is 6.04. The molecule has 0 saturated carbocycles. The first-order valence-electron chi connectivity index (χ1n) is 4.53. The third-order valence-corrected chi connectivity index (χ3v) is 1.99. The molecule has 0 radical (unpaired) electrons. The van der Waals surface area contributed by atoms with Gasteiger partial charge in [0.05, 0.1) is 18.2 Å². The number of hydrogen-bond acceptors (Lipinski definition) is 3. The van der Waals surface area contributed by atoms with Crippen LogP contribution in [0.1, 0.15) is 24.2 Å². The Morgan fingerprint density at radius 1 is 1.47 bits per heavy atom. The molecule has 0 unspecified atom stereocenters. The summed E-state index contributed by atoms with van der Waals surface area (Å²) in [4.78, 5) is 11.8. The van der Waals surface area contributed by atoms with E-state index in [1.807, 2.05) is 0 Å². The van der Waals surface area contributed by atoms with Gasteiger partial charge in [-0.05, 0) is 32.0 Å². The van der Waals surface area contributed by atoms with Crippen LogP contribution in [0, 0.1) is 5.82 Å². The van der Waals surface area contributed by atoms with Gasteiger partial charge in [0.25, 0.3) is 0 Å². The standard InChI is InChI=1S/C11H14FNO2/c1-11(2,13)10(14)8-6-7(12)4-5-9(8)15-3/h4-6H,13H2,1-3H3. The summed E-state index contributed by atoms with van der Waals surface area (Å²) in [5.74, 6) is -0.498. The number of carbonyl (C=O) groups is 1. The lowest BCUT2D eigenvalue weighted by Gasteiger charge is -2.18. The van der Waals surface area contributed by atoms with Crippen LogP contribution in [0.4, 0.5) is 4.39 Å². The van der Waals surface area contributed by atoms with Crippen LogP contribution in [0.3, 0.4) is 0 Å². The lowest BCUT2D eigenvalue weighted by Crippen LogP contribution is -2.41. The lowest BCUT2D eigenvalue weighted by molar-refractivity contribution is 0.0910. The Kier molecular flexibility index (Phi) is 3.09. The van der Waals surface area contributed by atoms with Gasteiger partial charge in [0.1, 0.15) is 11.6 Å². The molecular formula is C11H14FNO2. The van der Waals surface area contributed by atoms with Gasteiger partial charge in [-0.2, -0.15) is 0 Å². The van der Waals surface area contributed by atoms with Gasteiger partial charge in [-0.25, -0.2) is 4.39 Å². The van der Waals surface area contributed by atoms with Crippen molar-refractivity contribution >= 4 is 5.78 Å². The molecule has 15 heavy (non-hydrogen) atoms. The molecule has 0 heterocycles. The molecular weight excluding hydrogens is 197 g/mol. The molecule has 2 N–H and O–H groups in total. The Bertz CT molecular complexity index is 383. The average molecular weight is 211 g/mol. The first kappa shape index (κ1) is 11.7. The van der Waals surface area contributed by atoms with Crippen molar-refractivity contribution in [1.29, 1.82) is 0 Å². The normalized spacial score (nSPS) is 11.3. The third-order valence-electron chi connectivity index (χ3n) is 1.99. The summed E-state index contributed by atoms with van der Waals surface area (Å²) < 4.78 is 18.0. The fourth-order valence-corrected chi connectivity index (χ4v) is 1.20. The zero-order valence-corrected chi connectivity index (χ0v) is 9.00. The van der Waals surface area contributed by atoms with Gasteiger partial charge in [-0.1, -0.05) is 0 Å². The molecule has 82 valence electrons. The first-order valence-corrected chi connectivity index (χ1v) is 4.53. The summed E-state index contributed by atoms with van der Waals surface area (Å²) in [5.41, 5.74) is 4.79. The van der Waals surface area contributed by atoms with Gasteiger partial charge in [-0.3, -0.25) is 4.79 Å². The second-order valence-electron chi connectivity index (χ2n) is 3.90. The number of Topliss-reactive ketones (excluding diaryl/α,β-unsaturated/α-hetero) is 1. The molecule has 0 aromatic heterocycles. The van der Waals surface area contributed by atoms with Crippen LogP contribution in [0.25, 0.3) is 0 Å². The quantitative estimate of drug-likeness (QED) is 0.775. The lowest BCUT2D eigenvalue weighted by atomic mass is 9.94. The van der Waals surface area contributed by atoms with E-state index in [0.717, 1.165) is 6.07 Å². The first-order chi connectivity index (χ1) is 6.86. The van der Waals surface area contributed by atoms with Crippen molar-refractivity contribution < 1.29 is 13.9 Å². The van der Waals surface area contributed by atoms with E-state index in [9.17, 15) is 9.18 Å². The van der Waals surface area contributed by atoms with Crippen molar-refractivity contribution in [2.75, 3.05) is 7.11 Å². The molecule has 1 aromatic carbocycles. The van der Waals surface area contributed by atoms with Gasteiger partial charge in [0, 0.05) is 0 Å². The number of methoxy groups -OCH3 is 1. The number of rotatable bonds is 3. The van der Waals surface area contributed by atoms with Crippen molar-refractivity contribution in [1.82, 2.24) is 0 Å². The second kappa shape index (κ2) is 3.98. The van der Waals surface area contributed by atoms with Crippen molar-refractivity contribution in [3.05, 3.63) is 29.6 Å². The SMILES string of the molecule is COc1ccc(F)cc1C(=O)C(C)(C)N. The van der Waals surface area contributed by atoms with Gasteiger partial charge in [0.2, 0.25) is 0 Å². The fourth-order valence-electron chi connectivity index (χ4n) is 1.20. The predicted octanol–water partition coefficient (Wildman–Crippen LogP) is 1.75. The molecule has 0 aliphatic rings. The van der Waals surface area contributed by atoms with Crippen molar-refractivity contribution in [2.45, 2.75) is 19.4 Å². The Hall–Kier alpha value is -1.42. The summed E-state index contributed by atoms with van der Waals surface area (Å²) in [6.07, 6.45) is 0. The van der Waals surface area contributed by atoms with Crippen LogP contribution in [-0.2, 0) is 0 Å². The van der Waals surface area contributed by atoms with Gasteiger partial charge in [-0.15, -0.1) is 0 Å². The third kappa shape index (κ3) is 2.53. The van der Waals surface area contributed by atoms with Crippen LogP contribution >= 0.6 is 0 Å². The summed E-state index contributed by atoms with van der Waals surface area (Å²) in [5, 5.41) is 0. The maximum Gasteiger partial charge on any atom is 0.185 e. The molecule has 0 spiro atoms. The molecule has 0 amide bonds. The average Bonchev–Trinajstić information content (AvgIpc) is 2.15. The minimum atomic E-state index is -1.04. The minimum Gasteiger partial charge on any atom is -0.496 e. The molecule has 0 aliphatic carbocycles. The van der Waals surface area contributed by atoms with Gasteiger partial charge < -0.3 is 10.5 Å². The van der Waals surface area contributed by atoms with Gasteiger partial charge >= 0.3 is 0 Å². The molecule has 0 saturated heterocycles. The van der Waals surface area contributed by atoms with E-state index in [4.69, 9.17) is 10.5 Å². The van der Waals surface area contributed by atoms with Crippen LogP contribution in [0.15, 0.2) is 18.2 Å². The molecule has 0 fully saturated rings. The smallest absolute Gasteiger partial charge is 0.185 e. The topological polar surface area (TPSA) is 52.3 Å². The van der Waals surface area contributed by atoms with E-state index in [-0.39, 0.29) is 11.3 Å². The Morgan fingerprint density at radius 3 is 2.53 bits per heavy atom. The number of ketones is 1. The van der Waals surface area contributed by atoms with Crippen molar-refractivity contribution in [2.24, 2.45) is 5.73 Å². The highest BCUT2D eigenvalue weighted by atomic mass is 19.1. The van der Waals surface area contributed by atoms with Crippen molar-refractivity contribution in [3.8, 4) is 5.75 Å². The summed E-state index contributed by atoms with van der Waals surface area (Å²) >= 11 is 0. The molecule has 3 nitrogen and oxygen atoms in total. The van der Waals surface area contributed by atoms with E-state index < -0.39 is 11.4 Å². The zero-order chi connectivity index (χ0) is 11.6. The number of hydrogen-bond donors (Lipinski definition) is 1. The molecule has 0 atom stereocenters. The number of carbonyl (C=O) groups excluding carboxylic acids is 1. The largest absolute Gasteiger partial charge is 0.496 e. The maximum atomic E-state index is 13.0. The Morgan fingerprint density at radius 2 is 2.07 bits per heavy atom. The highest BCUT2D eigenvalue weighted by Crippen LogP contribution is 2.23. The second-order valence-corrected chi connectivity index (χ2v) is 3.90. The molecule has 0 bridgehead atoms. The van der Waals surface area contributed by atoms with E-state index >= 15 is 0 Å². The Balaban J connectivity index is 3.23. The summed E-state index contributed by atoms with van der Waals surface area (Å²) in [6, 6.07) is 3.78. The van der Waals surface area contributed by atoms with Crippen LogP contribution in [0.5, 0.6) is 5.75 Å². The highest BCUT2D eigenvalue weighted by Gasteiger charge is 2.26. The monoisotopic (exact) mass is 211 g/mol. The van der Waals surface area contributed by atoms with Gasteiger partial charge in [0.15, 0.2) is 5.78 Å². The Labute approximate surface area is 88.0 Å². The molecule has 0 aliphatic heterocycles. The van der Waals surface area contributed by atoms with E-state index in [1.165, 1.54) is 19.2 Å². The summed E-state index contributed by atoms with van der Waals surface area (Å²) in [7, 11) is 1.42. The van der Waals surface area contributed by atoms with E-state index in [0.29, 0.717) is 5.75 Å². The minimum absolute atomic E-state index is 0.171. The fraction of sp³-hybridized carbons (Fsp3) is 0.364. The van der Waals surface area contributed by atoms with E-state index in [2.05, 4.69) is 0 Å². The van der Waals surface area contributed by atoms with Crippen molar-refractivity contribution in [3.63, 3.8) is 0 Å². The predicted molar refractivity (Wildman–Crippen MR) is 55.5 cm³/mol. The molecule has 4 heteroatoms.